The Hall–Kier alpha value is -1.07. The highest BCUT2D eigenvalue weighted by Crippen LogP contribution is 2.71. The molecule has 3 nitrogen and oxygen atoms in total. The third-order valence-electron chi connectivity index (χ3n) is 7.64. The molecule has 4 aliphatic carbocycles. The molecule has 0 bridgehead atoms. The van der Waals surface area contributed by atoms with Crippen LogP contribution in [0.1, 0.15) is 33.1 Å². The predicted octanol–water partition coefficient (Wildman–Crippen LogP) is 2.68. The quantitative estimate of drug-likeness (QED) is 0.692. The van der Waals surface area contributed by atoms with Crippen molar-refractivity contribution in [2.24, 2.45) is 23.2 Å². The molecule has 0 radical (unpaired) electrons. The van der Waals surface area contributed by atoms with Crippen molar-refractivity contribution in [2.75, 3.05) is 0 Å². The summed E-state index contributed by atoms with van der Waals surface area (Å²) in [5, 5.41) is 10.8. The Morgan fingerprint density at radius 3 is 2.79 bits per heavy atom. The van der Waals surface area contributed by atoms with Crippen molar-refractivity contribution in [2.45, 2.75) is 62.8 Å². The van der Waals surface area contributed by atoms with E-state index in [2.05, 4.69) is 6.92 Å². The molecule has 0 amide bonds. The summed E-state index contributed by atoms with van der Waals surface area (Å²) in [7, 11) is 0. The maximum absolute atomic E-state index is 16.5. The lowest BCUT2D eigenvalue weighted by molar-refractivity contribution is -0.187. The van der Waals surface area contributed by atoms with E-state index in [1.165, 1.54) is 18.2 Å². The van der Waals surface area contributed by atoms with E-state index in [0.717, 1.165) is 6.42 Å². The topological polar surface area (TPSA) is 49.8 Å². The maximum Gasteiger partial charge on any atom is 0.178 e. The van der Waals surface area contributed by atoms with E-state index in [4.69, 9.17) is 4.74 Å². The van der Waals surface area contributed by atoms with Crippen LogP contribution in [0.2, 0.25) is 0 Å². The average molecular weight is 336 g/mol. The third-order valence-corrected chi connectivity index (χ3v) is 7.64. The van der Waals surface area contributed by atoms with Crippen LogP contribution in [-0.2, 0) is 9.53 Å². The molecule has 4 unspecified atom stereocenters. The van der Waals surface area contributed by atoms with Crippen LogP contribution in [0.4, 0.5) is 8.78 Å². The van der Waals surface area contributed by atoms with E-state index in [1.807, 2.05) is 0 Å². The van der Waals surface area contributed by atoms with Gasteiger partial charge < -0.3 is 9.84 Å². The number of aliphatic hydroxyl groups is 1. The lowest BCUT2D eigenvalue weighted by atomic mass is 9.48. The normalized spacial score (nSPS) is 60.7. The summed E-state index contributed by atoms with van der Waals surface area (Å²) in [6.07, 6.45) is 2.63. The highest BCUT2D eigenvalue weighted by molar-refractivity contribution is 6.01. The third kappa shape index (κ3) is 1.44. The highest BCUT2D eigenvalue weighted by Gasteiger charge is 2.79. The molecule has 5 heteroatoms. The van der Waals surface area contributed by atoms with Crippen LogP contribution in [0.3, 0.4) is 0 Å². The Morgan fingerprint density at radius 2 is 2.08 bits per heavy atom. The number of halogens is 2. The lowest BCUT2D eigenvalue weighted by Crippen LogP contribution is -2.68. The first kappa shape index (κ1) is 15.2. The van der Waals surface area contributed by atoms with Gasteiger partial charge in [-0.25, -0.2) is 8.78 Å². The Morgan fingerprint density at radius 1 is 1.33 bits per heavy atom. The monoisotopic (exact) mass is 336 g/mol. The number of carbonyl (C=O) groups is 1. The molecule has 1 N–H and O–H groups in total. The first-order chi connectivity index (χ1) is 11.2. The van der Waals surface area contributed by atoms with Gasteiger partial charge >= 0.3 is 0 Å². The second kappa shape index (κ2) is 4.18. The number of rotatable bonds is 0. The summed E-state index contributed by atoms with van der Waals surface area (Å²) < 4.78 is 37.4. The highest BCUT2D eigenvalue weighted by atomic mass is 19.1. The van der Waals surface area contributed by atoms with Crippen molar-refractivity contribution < 1.29 is 23.4 Å². The molecule has 1 aliphatic heterocycles. The second-order valence-electron chi connectivity index (χ2n) is 8.65. The van der Waals surface area contributed by atoms with E-state index < -0.39 is 34.9 Å². The number of hydrogen-bond donors (Lipinski definition) is 1. The zero-order valence-corrected chi connectivity index (χ0v) is 13.8. The molecule has 1 saturated heterocycles. The first-order valence-electron chi connectivity index (χ1n) is 8.88. The van der Waals surface area contributed by atoms with E-state index in [0.29, 0.717) is 5.92 Å². The number of alkyl halides is 2. The molecule has 130 valence electrons. The molecule has 4 fully saturated rings. The summed E-state index contributed by atoms with van der Waals surface area (Å²) >= 11 is 0. The minimum atomic E-state index is -1.96. The fourth-order valence-electron chi connectivity index (χ4n) is 6.51. The SMILES string of the molecule is C[C@@H]1C[C@H]2C3C[C@H](F)C4=CC(=O)C=CC4(C)[C@@]3(F)C(O)CC23O[C@H]13. The number of ether oxygens (including phenoxy) is 1. The smallest absolute Gasteiger partial charge is 0.178 e. The molecule has 3 saturated carbocycles. The molecule has 5 aliphatic rings. The van der Waals surface area contributed by atoms with Gasteiger partial charge in [0.15, 0.2) is 11.5 Å². The zero-order chi connectivity index (χ0) is 17.1. The summed E-state index contributed by atoms with van der Waals surface area (Å²) in [5.74, 6) is -0.649. The second-order valence-corrected chi connectivity index (χ2v) is 8.65. The van der Waals surface area contributed by atoms with Crippen LogP contribution in [0.15, 0.2) is 23.8 Å². The van der Waals surface area contributed by atoms with Crippen LogP contribution < -0.4 is 0 Å². The number of aliphatic hydroxyl groups excluding tert-OH is 1. The molecule has 1 spiro atoms. The molecule has 9 atom stereocenters. The number of allylic oxidation sites excluding steroid dienone is 4. The number of epoxide rings is 1. The molecule has 0 aromatic carbocycles. The van der Waals surface area contributed by atoms with Gasteiger partial charge in [0.1, 0.15) is 11.8 Å². The van der Waals surface area contributed by atoms with Crippen molar-refractivity contribution in [3.8, 4) is 0 Å². The fraction of sp³-hybridized carbons (Fsp3) is 0.737. The Bertz CT molecular complexity index is 703. The van der Waals surface area contributed by atoms with Gasteiger partial charge in [0.2, 0.25) is 0 Å². The molecule has 0 aromatic heterocycles. The zero-order valence-electron chi connectivity index (χ0n) is 13.8. The lowest BCUT2D eigenvalue weighted by Gasteiger charge is -2.59. The summed E-state index contributed by atoms with van der Waals surface area (Å²) in [4.78, 5) is 11.7. The summed E-state index contributed by atoms with van der Waals surface area (Å²) in [5.41, 5.74) is -3.51. The van der Waals surface area contributed by atoms with Crippen LogP contribution in [0.25, 0.3) is 0 Å². The van der Waals surface area contributed by atoms with Crippen molar-refractivity contribution in [3.05, 3.63) is 23.8 Å². The van der Waals surface area contributed by atoms with Crippen molar-refractivity contribution in [1.82, 2.24) is 0 Å². The molecular weight excluding hydrogens is 314 g/mol. The van der Waals surface area contributed by atoms with Gasteiger partial charge in [-0.1, -0.05) is 13.0 Å². The number of hydrogen-bond acceptors (Lipinski definition) is 3. The van der Waals surface area contributed by atoms with E-state index in [-0.39, 0.29) is 36.2 Å². The van der Waals surface area contributed by atoms with Gasteiger partial charge in [0, 0.05) is 17.8 Å². The minimum Gasteiger partial charge on any atom is -0.390 e. The van der Waals surface area contributed by atoms with Crippen LogP contribution in [0, 0.1) is 23.2 Å². The van der Waals surface area contributed by atoms with Crippen LogP contribution in [-0.4, -0.2) is 40.5 Å². The summed E-state index contributed by atoms with van der Waals surface area (Å²) in [6, 6.07) is 0. The Balaban J connectivity index is 1.66. The van der Waals surface area contributed by atoms with Crippen molar-refractivity contribution >= 4 is 5.78 Å². The molecule has 5 rings (SSSR count). The average Bonchev–Trinajstić information content (AvgIpc) is 3.17. The Labute approximate surface area is 139 Å². The van der Waals surface area contributed by atoms with Gasteiger partial charge in [0.25, 0.3) is 0 Å². The molecule has 24 heavy (non-hydrogen) atoms. The van der Waals surface area contributed by atoms with Gasteiger partial charge in [-0.15, -0.1) is 0 Å². The standard InChI is InChI=1S/C19H22F2O3/c1-9-5-11-12-7-14(20)13-6-10(22)3-4-17(13,2)19(12,21)15(23)8-18(11)16(9)24-18/h3-4,6,9,11-12,14-16,23H,5,7-8H2,1-2H3/t9-,11+,12?,14+,15?,16-,17?,18?,19+/m1/s1. The van der Waals surface area contributed by atoms with E-state index in [1.54, 1.807) is 6.92 Å². The minimum absolute atomic E-state index is 0.0192. The van der Waals surface area contributed by atoms with Crippen molar-refractivity contribution in [3.63, 3.8) is 0 Å². The Kier molecular flexibility index (Phi) is 2.65. The maximum atomic E-state index is 16.5. The predicted molar refractivity (Wildman–Crippen MR) is 82.7 cm³/mol. The van der Waals surface area contributed by atoms with Gasteiger partial charge in [-0.2, -0.15) is 0 Å². The largest absolute Gasteiger partial charge is 0.390 e. The van der Waals surface area contributed by atoms with Crippen LogP contribution in [0.5, 0.6) is 0 Å². The number of ketones is 1. The van der Waals surface area contributed by atoms with Gasteiger partial charge in [0.05, 0.1) is 12.2 Å². The van der Waals surface area contributed by atoms with Crippen molar-refractivity contribution in [1.29, 1.82) is 0 Å². The molecular formula is C19H22F2O3. The van der Waals surface area contributed by atoms with E-state index >= 15 is 4.39 Å². The van der Waals surface area contributed by atoms with Gasteiger partial charge in [-0.3, -0.25) is 4.79 Å². The molecule has 1 heterocycles. The van der Waals surface area contributed by atoms with Gasteiger partial charge in [-0.05, 0) is 49.3 Å². The molecule has 0 aromatic rings. The number of carbonyl (C=O) groups excluding carboxylic acids is 1. The van der Waals surface area contributed by atoms with Crippen LogP contribution >= 0.6 is 0 Å². The van der Waals surface area contributed by atoms with E-state index in [9.17, 15) is 14.3 Å². The summed E-state index contributed by atoms with van der Waals surface area (Å²) in [6.45, 7) is 3.72. The fourth-order valence-corrected chi connectivity index (χ4v) is 6.51. The number of fused-ring (bicyclic) bond motifs is 4. The first-order valence-corrected chi connectivity index (χ1v) is 8.88.